The van der Waals surface area contributed by atoms with Gasteiger partial charge in [0.25, 0.3) is 0 Å². The number of methoxy groups -OCH3 is 1. The molecule has 1 aliphatic heterocycles. The van der Waals surface area contributed by atoms with Gasteiger partial charge in [0.1, 0.15) is 6.61 Å². The largest absolute Gasteiger partial charge is 0.493 e. The molecule has 0 saturated carbocycles. The molecular weight excluding hydrogens is 462 g/mol. The van der Waals surface area contributed by atoms with Gasteiger partial charge in [0, 0.05) is 11.6 Å². The van der Waals surface area contributed by atoms with Gasteiger partial charge >= 0.3 is 0 Å². The Morgan fingerprint density at radius 1 is 1.06 bits per heavy atom. The number of ether oxygens (including phenoxy) is 2. The van der Waals surface area contributed by atoms with Crippen molar-refractivity contribution in [1.82, 2.24) is 0 Å². The van der Waals surface area contributed by atoms with E-state index in [0.29, 0.717) is 18.4 Å². The molecule has 3 nitrogen and oxygen atoms in total. The third kappa shape index (κ3) is 3.81. The van der Waals surface area contributed by atoms with Crippen molar-refractivity contribution >= 4 is 21.6 Å². The van der Waals surface area contributed by atoms with Crippen molar-refractivity contribution in [1.29, 1.82) is 0 Å². The van der Waals surface area contributed by atoms with E-state index >= 15 is 0 Å². The lowest BCUT2D eigenvalue weighted by atomic mass is 9.76. The molecule has 0 unspecified atom stereocenters. The van der Waals surface area contributed by atoms with E-state index < -0.39 is 0 Å². The summed E-state index contributed by atoms with van der Waals surface area (Å²) in [7, 11) is 1.71. The van der Waals surface area contributed by atoms with E-state index in [1.54, 1.807) is 7.11 Å². The molecule has 3 aromatic rings. The first-order chi connectivity index (χ1) is 15.5. The topological polar surface area (TPSA) is 30.5 Å². The van der Waals surface area contributed by atoms with E-state index in [4.69, 9.17) is 9.47 Å². The zero-order valence-corrected chi connectivity index (χ0v) is 20.3. The van der Waals surface area contributed by atoms with Crippen LogP contribution in [0.4, 0.5) is 5.69 Å². The third-order valence-corrected chi connectivity index (χ3v) is 7.31. The lowest BCUT2D eigenvalue weighted by molar-refractivity contribution is 0.282. The Bertz CT molecular complexity index is 1170. The smallest absolute Gasteiger partial charge is 0.175 e. The van der Waals surface area contributed by atoms with Crippen molar-refractivity contribution in [3.05, 3.63) is 99.0 Å². The quantitative estimate of drug-likeness (QED) is 0.376. The summed E-state index contributed by atoms with van der Waals surface area (Å²) in [4.78, 5) is 0. The highest BCUT2D eigenvalue weighted by molar-refractivity contribution is 9.10. The summed E-state index contributed by atoms with van der Waals surface area (Å²) in [6.45, 7) is 4.77. The molecule has 0 radical (unpaired) electrons. The average Bonchev–Trinajstić information content (AvgIpc) is 3.29. The van der Waals surface area contributed by atoms with Gasteiger partial charge in [0.2, 0.25) is 0 Å². The summed E-state index contributed by atoms with van der Waals surface area (Å²) < 4.78 is 12.9. The van der Waals surface area contributed by atoms with Crippen LogP contribution in [0.2, 0.25) is 0 Å². The molecule has 1 N–H and O–H groups in total. The number of halogens is 1. The molecule has 0 saturated heterocycles. The van der Waals surface area contributed by atoms with Gasteiger partial charge in [0.05, 0.1) is 17.6 Å². The first kappa shape index (κ1) is 21.1. The van der Waals surface area contributed by atoms with Crippen LogP contribution < -0.4 is 14.8 Å². The highest BCUT2D eigenvalue weighted by Gasteiger charge is 2.38. The highest BCUT2D eigenvalue weighted by Crippen LogP contribution is 2.52. The van der Waals surface area contributed by atoms with Crippen molar-refractivity contribution < 1.29 is 9.47 Å². The second kappa shape index (κ2) is 8.67. The number of anilines is 1. The average molecular weight is 490 g/mol. The monoisotopic (exact) mass is 489 g/mol. The summed E-state index contributed by atoms with van der Waals surface area (Å²) in [5, 5.41) is 3.86. The van der Waals surface area contributed by atoms with Crippen LogP contribution in [0.3, 0.4) is 0 Å². The van der Waals surface area contributed by atoms with Gasteiger partial charge < -0.3 is 14.8 Å². The van der Waals surface area contributed by atoms with Gasteiger partial charge in [0.15, 0.2) is 11.5 Å². The molecule has 164 valence electrons. The fourth-order valence-electron chi connectivity index (χ4n) is 5.01. The van der Waals surface area contributed by atoms with Gasteiger partial charge in [-0.25, -0.2) is 0 Å². The molecule has 0 spiro atoms. The van der Waals surface area contributed by atoms with Crippen LogP contribution in [-0.4, -0.2) is 7.11 Å². The maximum absolute atomic E-state index is 6.18. The van der Waals surface area contributed by atoms with Crippen LogP contribution in [0, 0.1) is 19.8 Å². The van der Waals surface area contributed by atoms with Crippen molar-refractivity contribution in [2.75, 3.05) is 12.4 Å². The van der Waals surface area contributed by atoms with Crippen LogP contribution in [0.1, 0.15) is 46.2 Å². The number of allylic oxidation sites excluding steroid dienone is 2. The predicted molar refractivity (Wildman–Crippen MR) is 134 cm³/mol. The zero-order chi connectivity index (χ0) is 22.2. The number of aryl methyl sites for hydroxylation is 2. The Morgan fingerprint density at radius 3 is 2.66 bits per heavy atom. The van der Waals surface area contributed by atoms with Crippen LogP contribution in [0.25, 0.3) is 0 Å². The SMILES string of the molecule is COc1cc([C@@H]2Nc3c(C)cccc3[C@@H]3C=CC[C@@H]32)cc(Br)c1OCc1ccc(C)cc1. The number of rotatable bonds is 5. The van der Waals surface area contributed by atoms with Crippen molar-refractivity contribution in [2.24, 2.45) is 5.92 Å². The van der Waals surface area contributed by atoms with E-state index in [0.717, 1.165) is 28.0 Å². The second-order valence-electron chi connectivity index (χ2n) is 8.82. The van der Waals surface area contributed by atoms with E-state index in [-0.39, 0.29) is 6.04 Å². The molecule has 1 heterocycles. The van der Waals surface area contributed by atoms with Gasteiger partial charge in [-0.15, -0.1) is 0 Å². The first-order valence-corrected chi connectivity index (χ1v) is 11.9. The van der Waals surface area contributed by atoms with Crippen LogP contribution in [0.15, 0.2) is 71.2 Å². The van der Waals surface area contributed by atoms with Gasteiger partial charge in [-0.2, -0.15) is 0 Å². The third-order valence-electron chi connectivity index (χ3n) is 6.72. The normalized spacial score (nSPS) is 20.9. The number of hydrogen-bond donors (Lipinski definition) is 1. The molecular formula is C28H28BrNO2. The maximum atomic E-state index is 6.18. The lowest BCUT2D eigenvalue weighted by Gasteiger charge is -2.38. The molecule has 5 rings (SSSR count). The Kier molecular flexibility index (Phi) is 5.73. The Labute approximate surface area is 198 Å². The molecule has 32 heavy (non-hydrogen) atoms. The molecule has 0 bridgehead atoms. The summed E-state index contributed by atoms with van der Waals surface area (Å²) in [5.74, 6) is 2.42. The number of para-hydroxylation sites is 1. The minimum atomic E-state index is 0.208. The zero-order valence-electron chi connectivity index (χ0n) is 18.7. The molecule has 3 aromatic carbocycles. The van der Waals surface area contributed by atoms with E-state index in [1.807, 2.05) is 0 Å². The molecule has 0 amide bonds. The van der Waals surface area contributed by atoms with Crippen molar-refractivity contribution in [3.8, 4) is 11.5 Å². The summed E-state index contributed by atoms with van der Waals surface area (Å²) >= 11 is 3.76. The molecule has 2 aliphatic rings. The summed E-state index contributed by atoms with van der Waals surface area (Å²) in [6.07, 6.45) is 5.77. The standard InChI is InChI=1S/C28H28BrNO2/c1-17-10-12-19(13-11-17)16-32-28-24(29)14-20(15-25(28)31-3)27-23-9-5-7-21(23)22-8-4-6-18(2)26(22)30-27/h4-8,10-15,21,23,27,30H,9,16H2,1-3H3/t21-,23-,27-/m0/s1. The van der Waals surface area contributed by atoms with Gasteiger partial charge in [-0.1, -0.05) is 60.2 Å². The Hall–Kier alpha value is -2.72. The number of nitrogens with one attached hydrogen (secondary N) is 1. The minimum Gasteiger partial charge on any atom is -0.493 e. The molecule has 3 atom stereocenters. The number of fused-ring (bicyclic) bond motifs is 3. The Balaban J connectivity index is 1.46. The van der Waals surface area contributed by atoms with Crippen LogP contribution >= 0.6 is 15.9 Å². The van der Waals surface area contributed by atoms with Gasteiger partial charge in [-0.3, -0.25) is 0 Å². The van der Waals surface area contributed by atoms with Crippen LogP contribution in [-0.2, 0) is 6.61 Å². The maximum Gasteiger partial charge on any atom is 0.175 e. The molecule has 4 heteroatoms. The van der Waals surface area contributed by atoms with E-state index in [2.05, 4.69) is 102 Å². The molecule has 0 aromatic heterocycles. The predicted octanol–water partition coefficient (Wildman–Crippen LogP) is 7.48. The lowest BCUT2D eigenvalue weighted by Crippen LogP contribution is -2.29. The fraction of sp³-hybridized carbons (Fsp3) is 0.286. The second-order valence-corrected chi connectivity index (χ2v) is 9.68. The Morgan fingerprint density at radius 2 is 1.88 bits per heavy atom. The van der Waals surface area contributed by atoms with Crippen molar-refractivity contribution in [2.45, 2.75) is 38.8 Å². The highest BCUT2D eigenvalue weighted by atomic mass is 79.9. The number of benzene rings is 3. The van der Waals surface area contributed by atoms with Crippen LogP contribution in [0.5, 0.6) is 11.5 Å². The summed E-state index contributed by atoms with van der Waals surface area (Å²) in [6, 6.07) is 19.5. The van der Waals surface area contributed by atoms with E-state index in [9.17, 15) is 0 Å². The number of hydrogen-bond acceptors (Lipinski definition) is 3. The minimum absolute atomic E-state index is 0.208. The first-order valence-electron chi connectivity index (χ1n) is 11.1. The summed E-state index contributed by atoms with van der Waals surface area (Å²) in [5.41, 5.74) is 7.55. The molecule has 0 fully saturated rings. The molecule has 1 aliphatic carbocycles. The van der Waals surface area contributed by atoms with Gasteiger partial charge in [-0.05, 0) is 76.5 Å². The van der Waals surface area contributed by atoms with E-state index in [1.165, 1.54) is 27.9 Å². The van der Waals surface area contributed by atoms with Crippen molar-refractivity contribution in [3.63, 3.8) is 0 Å². The fourth-order valence-corrected chi connectivity index (χ4v) is 5.58.